The van der Waals surface area contributed by atoms with Gasteiger partial charge in [0.15, 0.2) is 6.10 Å². The maximum Gasteiger partial charge on any atom is 0.281 e. The fraction of sp³-hybridized carbons (Fsp3) is 0.368. The fourth-order valence-electron chi connectivity index (χ4n) is 2.96. The molecule has 30 heavy (non-hydrogen) atoms. The Morgan fingerprint density at radius 1 is 1.10 bits per heavy atom. The van der Waals surface area contributed by atoms with E-state index in [0.29, 0.717) is 18.8 Å². The summed E-state index contributed by atoms with van der Waals surface area (Å²) >= 11 is 0.977. The summed E-state index contributed by atoms with van der Waals surface area (Å²) in [5.41, 5.74) is 4.45. The number of amides is 2. The number of sulfonamides is 1. The van der Waals surface area contributed by atoms with Gasteiger partial charge in [0.05, 0.1) is 0 Å². The number of hydrazine groups is 1. The van der Waals surface area contributed by atoms with Gasteiger partial charge >= 0.3 is 0 Å². The average Bonchev–Trinajstić information content (AvgIpc) is 3.25. The highest BCUT2D eigenvalue weighted by molar-refractivity contribution is 7.89. The van der Waals surface area contributed by atoms with E-state index in [9.17, 15) is 22.4 Å². The van der Waals surface area contributed by atoms with Crippen LogP contribution in [0.1, 0.15) is 35.9 Å². The molecule has 1 atom stereocenters. The van der Waals surface area contributed by atoms with E-state index in [4.69, 9.17) is 4.74 Å². The second-order valence-corrected chi connectivity index (χ2v) is 9.56. The summed E-state index contributed by atoms with van der Waals surface area (Å²) in [6.07, 6.45) is 1.57. The molecule has 0 bridgehead atoms. The van der Waals surface area contributed by atoms with Crippen molar-refractivity contribution in [2.75, 3.05) is 13.1 Å². The third-order valence-corrected chi connectivity index (χ3v) is 7.55. The number of nitrogens with zero attached hydrogens (tertiary/aromatic N) is 1. The van der Waals surface area contributed by atoms with E-state index in [2.05, 4.69) is 10.9 Å². The van der Waals surface area contributed by atoms with Crippen molar-refractivity contribution in [3.63, 3.8) is 0 Å². The van der Waals surface area contributed by atoms with E-state index in [1.54, 1.807) is 0 Å². The number of rotatable bonds is 6. The molecule has 2 amide bonds. The van der Waals surface area contributed by atoms with E-state index in [0.717, 1.165) is 30.6 Å². The molecule has 2 aromatic rings. The molecule has 1 unspecified atom stereocenters. The molecular formula is C19H22FN3O5S2. The van der Waals surface area contributed by atoms with Crippen LogP contribution in [0.25, 0.3) is 0 Å². The van der Waals surface area contributed by atoms with Gasteiger partial charge in [-0.25, -0.2) is 12.8 Å². The summed E-state index contributed by atoms with van der Waals surface area (Å²) in [6, 6.07) is 6.54. The topological polar surface area (TPSA) is 105 Å². The summed E-state index contributed by atoms with van der Waals surface area (Å²) in [7, 11) is -3.78. The zero-order chi connectivity index (χ0) is 21.7. The zero-order valence-electron chi connectivity index (χ0n) is 16.3. The van der Waals surface area contributed by atoms with Crippen LogP contribution in [0, 0.1) is 5.82 Å². The zero-order valence-corrected chi connectivity index (χ0v) is 17.9. The molecule has 162 valence electrons. The quantitative estimate of drug-likeness (QED) is 0.651. The number of piperidine rings is 1. The second-order valence-electron chi connectivity index (χ2n) is 6.74. The van der Waals surface area contributed by atoms with Crippen molar-refractivity contribution in [3.05, 3.63) is 46.4 Å². The Balaban J connectivity index is 1.61. The van der Waals surface area contributed by atoms with Gasteiger partial charge < -0.3 is 4.74 Å². The predicted molar refractivity (Wildman–Crippen MR) is 109 cm³/mol. The van der Waals surface area contributed by atoms with Crippen molar-refractivity contribution in [3.8, 4) is 5.75 Å². The van der Waals surface area contributed by atoms with Gasteiger partial charge in [-0.3, -0.25) is 20.4 Å². The number of nitrogens with one attached hydrogen (secondary N) is 2. The van der Waals surface area contributed by atoms with Crippen molar-refractivity contribution in [1.82, 2.24) is 15.2 Å². The summed E-state index contributed by atoms with van der Waals surface area (Å²) < 4.78 is 45.4. The van der Waals surface area contributed by atoms with Gasteiger partial charge in [-0.05, 0) is 55.5 Å². The average molecular weight is 456 g/mol. The van der Waals surface area contributed by atoms with E-state index in [1.165, 1.54) is 46.9 Å². The summed E-state index contributed by atoms with van der Waals surface area (Å²) in [5, 5.41) is 1.52. The highest BCUT2D eigenvalue weighted by Gasteiger charge is 2.31. The molecule has 1 fully saturated rings. The third-order valence-electron chi connectivity index (χ3n) is 4.56. The van der Waals surface area contributed by atoms with Crippen LogP contribution in [0.2, 0.25) is 0 Å². The first-order chi connectivity index (χ1) is 14.3. The third kappa shape index (κ3) is 5.15. The van der Waals surface area contributed by atoms with Crippen LogP contribution in [0.5, 0.6) is 5.75 Å². The first-order valence-electron chi connectivity index (χ1n) is 9.39. The van der Waals surface area contributed by atoms with Crippen LogP contribution in [0.4, 0.5) is 4.39 Å². The molecule has 3 rings (SSSR count). The maximum atomic E-state index is 12.9. The first kappa shape index (κ1) is 22.2. The van der Waals surface area contributed by atoms with E-state index in [1.807, 2.05) is 0 Å². The number of hydrogen-bond donors (Lipinski definition) is 2. The number of ether oxygens (including phenoxy) is 1. The van der Waals surface area contributed by atoms with Crippen LogP contribution in [-0.2, 0) is 14.8 Å². The van der Waals surface area contributed by atoms with Crippen molar-refractivity contribution in [2.45, 2.75) is 37.2 Å². The number of carbonyl (C=O) groups is 2. The lowest BCUT2D eigenvalue weighted by Gasteiger charge is -2.25. The molecular weight excluding hydrogens is 433 g/mol. The number of thiophene rings is 1. The summed E-state index contributed by atoms with van der Waals surface area (Å²) in [5.74, 6) is -1.52. The SMILES string of the molecule is CC(Oc1ccc(F)cc1)C(=O)NNC(=O)c1sccc1S(=O)(=O)N1CCCCC1. The molecule has 2 N–H and O–H groups in total. The van der Waals surface area contributed by atoms with Crippen LogP contribution < -0.4 is 15.6 Å². The van der Waals surface area contributed by atoms with E-state index < -0.39 is 33.8 Å². The molecule has 0 aliphatic carbocycles. The Morgan fingerprint density at radius 2 is 1.77 bits per heavy atom. The van der Waals surface area contributed by atoms with Gasteiger partial charge in [-0.1, -0.05) is 6.42 Å². The lowest BCUT2D eigenvalue weighted by Crippen LogP contribution is -2.47. The normalized spacial score (nSPS) is 15.9. The largest absolute Gasteiger partial charge is 0.481 e. The number of carbonyl (C=O) groups excluding carboxylic acids is 2. The minimum absolute atomic E-state index is 0.00650. The number of halogens is 1. The molecule has 0 radical (unpaired) electrons. The van der Waals surface area contributed by atoms with Crippen LogP contribution in [-0.4, -0.2) is 43.7 Å². The maximum absolute atomic E-state index is 12.9. The van der Waals surface area contributed by atoms with E-state index in [-0.39, 0.29) is 9.77 Å². The molecule has 0 saturated carbocycles. The highest BCUT2D eigenvalue weighted by atomic mass is 32.2. The molecule has 11 heteroatoms. The van der Waals surface area contributed by atoms with Crippen LogP contribution in [0.3, 0.4) is 0 Å². The summed E-state index contributed by atoms with van der Waals surface area (Å²) in [4.78, 5) is 24.6. The van der Waals surface area contributed by atoms with Crippen LogP contribution >= 0.6 is 11.3 Å². The lowest BCUT2D eigenvalue weighted by molar-refractivity contribution is -0.128. The molecule has 1 aliphatic rings. The smallest absolute Gasteiger partial charge is 0.281 e. The molecule has 1 aromatic heterocycles. The second kappa shape index (κ2) is 9.54. The van der Waals surface area contributed by atoms with Gasteiger partial charge in [0.1, 0.15) is 21.3 Å². The molecule has 2 heterocycles. The molecule has 0 spiro atoms. The van der Waals surface area contributed by atoms with Gasteiger partial charge in [0.2, 0.25) is 10.0 Å². The Morgan fingerprint density at radius 3 is 2.43 bits per heavy atom. The predicted octanol–water partition coefficient (Wildman–Crippen LogP) is 2.29. The Labute approximate surface area is 178 Å². The minimum Gasteiger partial charge on any atom is -0.481 e. The number of benzene rings is 1. The van der Waals surface area contributed by atoms with Crippen molar-refractivity contribution < 1.29 is 27.1 Å². The highest BCUT2D eigenvalue weighted by Crippen LogP contribution is 2.27. The Kier molecular flexibility index (Phi) is 7.06. The van der Waals surface area contributed by atoms with Gasteiger partial charge in [-0.2, -0.15) is 4.31 Å². The summed E-state index contributed by atoms with van der Waals surface area (Å²) in [6.45, 7) is 2.31. The Hall–Kier alpha value is -2.50. The van der Waals surface area contributed by atoms with Crippen molar-refractivity contribution in [2.24, 2.45) is 0 Å². The molecule has 8 nitrogen and oxygen atoms in total. The fourth-order valence-corrected chi connectivity index (χ4v) is 5.77. The molecule has 1 aliphatic heterocycles. The number of hydrogen-bond acceptors (Lipinski definition) is 6. The van der Waals surface area contributed by atoms with E-state index >= 15 is 0 Å². The monoisotopic (exact) mass is 455 g/mol. The van der Waals surface area contributed by atoms with Crippen LogP contribution in [0.15, 0.2) is 40.6 Å². The standard InChI is InChI=1S/C19H22FN3O5S2/c1-13(28-15-7-5-14(20)6-8-15)18(24)21-22-19(25)17-16(9-12-29-17)30(26,27)23-10-3-2-4-11-23/h5-9,12-13H,2-4,10-11H2,1H3,(H,21,24)(H,22,25). The van der Waals surface area contributed by atoms with Crippen molar-refractivity contribution in [1.29, 1.82) is 0 Å². The minimum atomic E-state index is -3.78. The van der Waals surface area contributed by atoms with Gasteiger partial charge in [0.25, 0.3) is 11.8 Å². The molecule has 1 saturated heterocycles. The molecule has 1 aromatic carbocycles. The Bertz CT molecular complexity index is 1000. The van der Waals surface area contributed by atoms with Gasteiger partial charge in [0, 0.05) is 13.1 Å². The lowest BCUT2D eigenvalue weighted by atomic mass is 10.2. The first-order valence-corrected chi connectivity index (χ1v) is 11.7. The van der Waals surface area contributed by atoms with Gasteiger partial charge in [-0.15, -0.1) is 11.3 Å². The van der Waals surface area contributed by atoms with Crippen molar-refractivity contribution >= 4 is 33.2 Å².